The van der Waals surface area contributed by atoms with Gasteiger partial charge < -0.3 is 20.7 Å². The summed E-state index contributed by atoms with van der Waals surface area (Å²) in [5.41, 5.74) is 9.57. The first-order chi connectivity index (χ1) is 18.4. The number of hydrogen-bond acceptors (Lipinski definition) is 9. The molecule has 1 aliphatic rings. The molecule has 2 heterocycles. The van der Waals surface area contributed by atoms with Crippen molar-refractivity contribution >= 4 is 39.3 Å². The normalized spacial score (nSPS) is 16.0. The molecule has 1 saturated heterocycles. The molecule has 11 heteroatoms. The van der Waals surface area contributed by atoms with E-state index >= 15 is 0 Å². The maximum Gasteiger partial charge on any atom is 0.297 e. The number of morpholine rings is 1. The van der Waals surface area contributed by atoms with E-state index in [1.54, 1.807) is 30.5 Å². The molecule has 1 aromatic heterocycles. The summed E-state index contributed by atoms with van der Waals surface area (Å²) in [6, 6.07) is 22.4. The van der Waals surface area contributed by atoms with Crippen LogP contribution in [-0.2, 0) is 14.9 Å². The molecule has 1 atom stereocenters. The zero-order chi connectivity index (χ0) is 26.5. The first-order valence-electron chi connectivity index (χ1n) is 11.9. The number of rotatable bonds is 7. The second-order valence-electron chi connectivity index (χ2n) is 8.65. The molecule has 1 fully saturated rings. The Morgan fingerprint density at radius 2 is 1.76 bits per heavy atom. The number of ether oxygens (including phenoxy) is 1. The van der Waals surface area contributed by atoms with Crippen LogP contribution >= 0.6 is 0 Å². The van der Waals surface area contributed by atoms with E-state index in [1.807, 2.05) is 65.6 Å². The molecule has 10 nitrogen and oxygen atoms in total. The lowest BCUT2D eigenvalue weighted by atomic mass is 10.0. The van der Waals surface area contributed by atoms with Crippen molar-refractivity contribution < 1.29 is 17.7 Å². The van der Waals surface area contributed by atoms with Gasteiger partial charge in [0.05, 0.1) is 30.7 Å². The average molecular weight is 531 g/mol. The number of benzene rings is 3. The van der Waals surface area contributed by atoms with E-state index in [0.29, 0.717) is 36.6 Å². The molecule has 4 aromatic rings. The molecule has 38 heavy (non-hydrogen) atoms. The molecule has 1 aliphatic heterocycles. The van der Waals surface area contributed by atoms with E-state index in [1.165, 1.54) is 0 Å². The fourth-order valence-electron chi connectivity index (χ4n) is 4.35. The molecule has 0 bridgehead atoms. The smallest absolute Gasteiger partial charge is 0.297 e. The SMILES string of the molecule is Nc1c(-c2nnncc2N2CCOC(Nc3ccccc3)C2)ccc(C=Cc2ccccc2)c1S(=O)(=O)O. The van der Waals surface area contributed by atoms with Gasteiger partial charge in [0.2, 0.25) is 0 Å². The van der Waals surface area contributed by atoms with Crippen LogP contribution in [0.25, 0.3) is 23.4 Å². The second kappa shape index (κ2) is 11.0. The topological polar surface area (TPSA) is 144 Å². The third-order valence-corrected chi connectivity index (χ3v) is 7.09. The summed E-state index contributed by atoms with van der Waals surface area (Å²) in [5, 5.41) is 15.3. The van der Waals surface area contributed by atoms with Crippen LogP contribution in [-0.4, -0.2) is 54.3 Å². The maximum absolute atomic E-state index is 12.4. The highest BCUT2D eigenvalue weighted by Gasteiger charge is 2.27. The Bertz CT molecular complexity index is 1550. The van der Waals surface area contributed by atoms with Gasteiger partial charge in [-0.3, -0.25) is 4.55 Å². The number of nitrogen functional groups attached to an aromatic ring is 1. The number of nitrogens with one attached hydrogen (secondary N) is 1. The van der Waals surface area contributed by atoms with Crippen molar-refractivity contribution in [2.75, 3.05) is 35.6 Å². The second-order valence-corrected chi connectivity index (χ2v) is 10.0. The Morgan fingerprint density at radius 3 is 2.50 bits per heavy atom. The summed E-state index contributed by atoms with van der Waals surface area (Å²) < 4.78 is 40.8. The van der Waals surface area contributed by atoms with E-state index in [2.05, 4.69) is 20.7 Å². The molecule has 0 radical (unpaired) electrons. The van der Waals surface area contributed by atoms with E-state index in [9.17, 15) is 13.0 Å². The molecule has 4 N–H and O–H groups in total. The largest absolute Gasteiger partial charge is 0.397 e. The number of para-hydroxylation sites is 1. The van der Waals surface area contributed by atoms with E-state index in [4.69, 9.17) is 10.5 Å². The predicted molar refractivity (Wildman–Crippen MR) is 147 cm³/mol. The first-order valence-corrected chi connectivity index (χ1v) is 13.3. The molecule has 0 spiro atoms. The van der Waals surface area contributed by atoms with Crippen molar-refractivity contribution in [1.29, 1.82) is 0 Å². The minimum Gasteiger partial charge on any atom is -0.397 e. The fourth-order valence-corrected chi connectivity index (χ4v) is 5.18. The summed E-state index contributed by atoms with van der Waals surface area (Å²) in [7, 11) is -4.66. The maximum atomic E-state index is 12.4. The van der Waals surface area contributed by atoms with Gasteiger partial charge in [0.25, 0.3) is 10.1 Å². The monoisotopic (exact) mass is 530 g/mol. The third-order valence-electron chi connectivity index (χ3n) is 6.12. The van der Waals surface area contributed by atoms with Gasteiger partial charge in [-0.2, -0.15) is 8.42 Å². The van der Waals surface area contributed by atoms with Crippen molar-refractivity contribution in [3.63, 3.8) is 0 Å². The molecule has 3 aromatic carbocycles. The van der Waals surface area contributed by atoms with Gasteiger partial charge in [0.15, 0.2) is 0 Å². The van der Waals surface area contributed by atoms with Crippen LogP contribution in [0.3, 0.4) is 0 Å². The van der Waals surface area contributed by atoms with Gasteiger partial charge in [-0.25, -0.2) is 0 Å². The number of anilines is 3. The van der Waals surface area contributed by atoms with Crippen LogP contribution in [0.1, 0.15) is 11.1 Å². The van der Waals surface area contributed by atoms with E-state index in [0.717, 1.165) is 11.3 Å². The lowest BCUT2D eigenvalue weighted by Crippen LogP contribution is -2.46. The molecule has 0 saturated carbocycles. The molecule has 0 amide bonds. The number of aromatic nitrogens is 3. The number of nitrogens with two attached hydrogens (primary N) is 1. The Balaban J connectivity index is 1.50. The van der Waals surface area contributed by atoms with Crippen LogP contribution in [0.15, 0.2) is 83.9 Å². The Hall–Kier alpha value is -4.32. The van der Waals surface area contributed by atoms with Gasteiger partial charge in [0.1, 0.15) is 16.8 Å². The minimum absolute atomic E-state index is 0.128. The highest BCUT2D eigenvalue weighted by molar-refractivity contribution is 7.86. The standard InChI is InChI=1S/C27H26N6O4S/c28-25-22(14-13-20(27(25)38(34,35)36)12-11-19-7-3-1-4-8-19)26-23(17-29-32-31-26)33-15-16-37-24(18-33)30-21-9-5-2-6-10-21/h1-14,17,24,30H,15-16,18,28H2,(H,34,35,36). The summed E-state index contributed by atoms with van der Waals surface area (Å²) in [6.07, 6.45) is 4.60. The lowest BCUT2D eigenvalue weighted by Gasteiger charge is -2.35. The van der Waals surface area contributed by atoms with Crippen LogP contribution in [0.2, 0.25) is 0 Å². The van der Waals surface area contributed by atoms with Crippen molar-refractivity contribution in [3.05, 3.63) is 90.1 Å². The number of hydrogen-bond donors (Lipinski definition) is 3. The van der Waals surface area contributed by atoms with Crippen molar-refractivity contribution in [1.82, 2.24) is 15.4 Å². The van der Waals surface area contributed by atoms with Crippen molar-refractivity contribution in [2.24, 2.45) is 0 Å². The summed E-state index contributed by atoms with van der Waals surface area (Å²) in [4.78, 5) is 1.63. The van der Waals surface area contributed by atoms with Crippen LogP contribution < -0.4 is 16.0 Å². The Morgan fingerprint density at radius 1 is 1.03 bits per heavy atom. The highest BCUT2D eigenvalue weighted by atomic mass is 32.2. The van der Waals surface area contributed by atoms with E-state index in [-0.39, 0.29) is 17.5 Å². The van der Waals surface area contributed by atoms with Crippen LogP contribution in [0.4, 0.5) is 17.1 Å². The van der Waals surface area contributed by atoms with Crippen molar-refractivity contribution in [3.8, 4) is 11.3 Å². The fraction of sp³-hybridized carbons (Fsp3) is 0.148. The quantitative estimate of drug-likeness (QED) is 0.183. The molecule has 5 rings (SSSR count). The summed E-state index contributed by atoms with van der Waals surface area (Å²) >= 11 is 0. The molecule has 0 aliphatic carbocycles. The molecule has 1 unspecified atom stereocenters. The summed E-state index contributed by atoms with van der Waals surface area (Å²) in [6.45, 7) is 1.47. The minimum atomic E-state index is -4.66. The zero-order valence-electron chi connectivity index (χ0n) is 20.3. The van der Waals surface area contributed by atoms with Crippen molar-refractivity contribution in [2.45, 2.75) is 11.1 Å². The van der Waals surface area contributed by atoms with Gasteiger partial charge in [-0.15, -0.1) is 10.2 Å². The van der Waals surface area contributed by atoms with E-state index < -0.39 is 15.0 Å². The van der Waals surface area contributed by atoms with Crippen LogP contribution in [0, 0.1) is 0 Å². The third kappa shape index (κ3) is 5.65. The Kier molecular flexibility index (Phi) is 7.31. The van der Waals surface area contributed by atoms with Gasteiger partial charge in [-0.1, -0.05) is 66.7 Å². The molecular weight excluding hydrogens is 504 g/mol. The first kappa shape index (κ1) is 25.3. The summed E-state index contributed by atoms with van der Waals surface area (Å²) in [5.74, 6) is 0. The van der Waals surface area contributed by atoms with Gasteiger partial charge >= 0.3 is 0 Å². The average Bonchev–Trinajstić information content (AvgIpc) is 2.92. The Labute approximate surface area is 220 Å². The van der Waals surface area contributed by atoms with Gasteiger partial charge in [-0.05, 0) is 34.5 Å². The van der Waals surface area contributed by atoms with Crippen LogP contribution in [0.5, 0.6) is 0 Å². The molecular formula is C27H26N6O4S. The zero-order valence-corrected chi connectivity index (χ0v) is 21.1. The predicted octanol–water partition coefficient (Wildman–Crippen LogP) is 3.81. The lowest BCUT2D eigenvalue weighted by molar-refractivity contribution is 0.0591. The molecule has 194 valence electrons. The number of nitrogens with zero attached hydrogens (tertiary/aromatic N) is 4. The highest BCUT2D eigenvalue weighted by Crippen LogP contribution is 2.37. The van der Waals surface area contributed by atoms with Gasteiger partial charge in [0, 0.05) is 17.8 Å².